The van der Waals surface area contributed by atoms with E-state index in [9.17, 15) is 4.79 Å². The molecule has 0 aliphatic carbocycles. The van der Waals surface area contributed by atoms with Crippen molar-refractivity contribution >= 4 is 6.09 Å². The average molecular weight is 171 g/mol. The fourth-order valence-corrected chi connectivity index (χ4v) is 0.935. The van der Waals surface area contributed by atoms with E-state index < -0.39 is 6.09 Å². The number of carbonyl (C=O) groups is 1. The van der Waals surface area contributed by atoms with Crippen LogP contribution in [0.15, 0.2) is 12.7 Å². The van der Waals surface area contributed by atoms with Crippen LogP contribution < -0.4 is 0 Å². The minimum absolute atomic E-state index is 0.229. The van der Waals surface area contributed by atoms with Crippen LogP contribution in [0.5, 0.6) is 0 Å². The summed E-state index contributed by atoms with van der Waals surface area (Å²) < 4.78 is 4.77. The van der Waals surface area contributed by atoms with Crippen molar-refractivity contribution in [2.45, 2.75) is 6.92 Å². The highest BCUT2D eigenvalue weighted by atomic mass is 16.7. The van der Waals surface area contributed by atoms with Gasteiger partial charge in [0.2, 0.25) is 0 Å². The molecule has 0 aromatic heterocycles. The van der Waals surface area contributed by atoms with Crippen LogP contribution in [0, 0.1) is 5.92 Å². The Morgan fingerprint density at radius 2 is 2.67 bits per heavy atom. The van der Waals surface area contributed by atoms with E-state index in [0.717, 1.165) is 0 Å². The predicted octanol–water partition coefficient (Wildman–Crippen LogP) is 1.19. The number of hydrogen-bond donors (Lipinski definition) is 0. The summed E-state index contributed by atoms with van der Waals surface area (Å²) in [5.74, 6) is 0.390. The van der Waals surface area contributed by atoms with E-state index in [0.29, 0.717) is 19.1 Å². The Balaban J connectivity index is 2.28. The van der Waals surface area contributed by atoms with Gasteiger partial charge in [-0.05, 0) is 0 Å². The Labute approximate surface area is 71.7 Å². The first-order valence-electron chi connectivity index (χ1n) is 3.92. The summed E-state index contributed by atoms with van der Waals surface area (Å²) in [7, 11) is 0. The molecule has 0 radical (unpaired) electrons. The molecule has 4 heteroatoms. The highest BCUT2D eigenvalue weighted by molar-refractivity contribution is 5.66. The van der Waals surface area contributed by atoms with E-state index in [-0.39, 0.29) is 6.61 Å². The second kappa shape index (κ2) is 4.11. The summed E-state index contributed by atoms with van der Waals surface area (Å²) in [6.45, 7) is 6.88. The van der Waals surface area contributed by atoms with E-state index >= 15 is 0 Å². The van der Waals surface area contributed by atoms with E-state index in [2.05, 4.69) is 6.58 Å². The molecule has 0 aromatic carbocycles. The number of nitrogens with zero attached hydrogens (tertiary/aromatic N) is 1. The van der Waals surface area contributed by atoms with Crippen LogP contribution in [0.25, 0.3) is 0 Å². The van der Waals surface area contributed by atoms with Gasteiger partial charge in [0.15, 0.2) is 0 Å². The van der Waals surface area contributed by atoms with Gasteiger partial charge in [0.25, 0.3) is 0 Å². The number of hydroxylamine groups is 2. The van der Waals surface area contributed by atoms with Gasteiger partial charge in [0.05, 0.1) is 13.2 Å². The van der Waals surface area contributed by atoms with E-state index in [1.807, 2.05) is 6.92 Å². The average Bonchev–Trinajstić information content (AvgIpc) is 2.47. The molecule has 4 nitrogen and oxygen atoms in total. The molecule has 0 saturated carbocycles. The molecular weight excluding hydrogens is 158 g/mol. The zero-order valence-electron chi connectivity index (χ0n) is 7.16. The lowest BCUT2D eigenvalue weighted by atomic mass is 10.2. The molecule has 68 valence electrons. The number of ether oxygens (including phenoxy) is 1. The first kappa shape index (κ1) is 9.06. The summed E-state index contributed by atoms with van der Waals surface area (Å²) >= 11 is 0. The maximum Gasteiger partial charge on any atom is 0.434 e. The largest absolute Gasteiger partial charge is 0.444 e. The molecule has 1 unspecified atom stereocenters. The van der Waals surface area contributed by atoms with Crippen molar-refractivity contribution in [3.05, 3.63) is 12.7 Å². The van der Waals surface area contributed by atoms with Gasteiger partial charge in [-0.15, -0.1) is 0 Å². The van der Waals surface area contributed by atoms with Crippen molar-refractivity contribution in [1.82, 2.24) is 5.06 Å². The fraction of sp³-hybridized carbons (Fsp3) is 0.625. The Bertz CT molecular complexity index is 181. The third-order valence-electron chi connectivity index (χ3n) is 1.52. The third kappa shape index (κ3) is 2.23. The summed E-state index contributed by atoms with van der Waals surface area (Å²) in [4.78, 5) is 16.1. The molecule has 0 aromatic rings. The standard InChI is InChI=1S/C8H13NO3/c1-3-4-11-8(10)9-5-7(2)6-12-9/h3,7H,1,4-6H2,2H3. The fourth-order valence-electron chi connectivity index (χ4n) is 0.935. The van der Waals surface area contributed by atoms with Crippen LogP contribution >= 0.6 is 0 Å². The zero-order valence-corrected chi connectivity index (χ0v) is 7.16. The second-order valence-electron chi connectivity index (χ2n) is 2.83. The summed E-state index contributed by atoms with van der Waals surface area (Å²) in [6.07, 6.45) is 1.09. The van der Waals surface area contributed by atoms with Gasteiger partial charge in [0.1, 0.15) is 6.61 Å². The minimum Gasteiger partial charge on any atom is -0.444 e. The summed E-state index contributed by atoms with van der Waals surface area (Å²) in [6, 6.07) is 0. The topological polar surface area (TPSA) is 38.8 Å². The molecule has 1 atom stereocenters. The summed E-state index contributed by atoms with van der Waals surface area (Å²) in [5, 5.41) is 1.24. The molecule has 1 saturated heterocycles. The highest BCUT2D eigenvalue weighted by Gasteiger charge is 2.25. The van der Waals surface area contributed by atoms with Crippen molar-refractivity contribution in [2.75, 3.05) is 19.8 Å². The second-order valence-corrected chi connectivity index (χ2v) is 2.83. The van der Waals surface area contributed by atoms with E-state index in [1.54, 1.807) is 0 Å². The van der Waals surface area contributed by atoms with Gasteiger partial charge < -0.3 is 4.74 Å². The first-order valence-corrected chi connectivity index (χ1v) is 3.92. The molecule has 0 spiro atoms. The van der Waals surface area contributed by atoms with Crippen molar-refractivity contribution in [3.63, 3.8) is 0 Å². The van der Waals surface area contributed by atoms with Gasteiger partial charge in [-0.25, -0.2) is 4.79 Å². The summed E-state index contributed by atoms with van der Waals surface area (Å²) in [5.41, 5.74) is 0. The Hall–Kier alpha value is -1.03. The zero-order chi connectivity index (χ0) is 8.97. The van der Waals surface area contributed by atoms with Crippen molar-refractivity contribution in [2.24, 2.45) is 5.92 Å². The third-order valence-corrected chi connectivity index (χ3v) is 1.52. The smallest absolute Gasteiger partial charge is 0.434 e. The lowest BCUT2D eigenvalue weighted by Gasteiger charge is -2.12. The molecule has 1 aliphatic heterocycles. The van der Waals surface area contributed by atoms with Gasteiger partial charge in [-0.2, -0.15) is 5.06 Å². The van der Waals surface area contributed by atoms with Crippen LogP contribution in [-0.2, 0) is 9.57 Å². The highest BCUT2D eigenvalue weighted by Crippen LogP contribution is 2.12. The van der Waals surface area contributed by atoms with Crippen LogP contribution in [-0.4, -0.2) is 30.9 Å². The van der Waals surface area contributed by atoms with E-state index in [4.69, 9.17) is 9.57 Å². The van der Waals surface area contributed by atoms with E-state index in [1.165, 1.54) is 11.1 Å². The minimum atomic E-state index is -0.431. The Kier molecular flexibility index (Phi) is 3.10. The first-order chi connectivity index (χ1) is 5.74. The number of rotatable bonds is 2. The number of hydrogen-bond acceptors (Lipinski definition) is 3. The van der Waals surface area contributed by atoms with Crippen molar-refractivity contribution in [1.29, 1.82) is 0 Å². The molecule has 1 amide bonds. The molecule has 12 heavy (non-hydrogen) atoms. The molecule has 1 heterocycles. The van der Waals surface area contributed by atoms with Crippen LogP contribution in [0.2, 0.25) is 0 Å². The molecule has 1 rings (SSSR count). The number of amides is 1. The lowest BCUT2D eigenvalue weighted by Crippen LogP contribution is -2.28. The Morgan fingerprint density at radius 1 is 1.92 bits per heavy atom. The molecule has 1 fully saturated rings. The number of carbonyl (C=O) groups excluding carboxylic acids is 1. The quantitative estimate of drug-likeness (QED) is 0.586. The van der Waals surface area contributed by atoms with Gasteiger partial charge in [-0.1, -0.05) is 19.6 Å². The van der Waals surface area contributed by atoms with Gasteiger partial charge >= 0.3 is 6.09 Å². The van der Waals surface area contributed by atoms with Crippen LogP contribution in [0.1, 0.15) is 6.92 Å². The molecule has 0 N–H and O–H groups in total. The maximum absolute atomic E-state index is 11.1. The van der Waals surface area contributed by atoms with Crippen molar-refractivity contribution < 1.29 is 14.4 Å². The lowest BCUT2D eigenvalue weighted by molar-refractivity contribution is -0.0899. The monoisotopic (exact) mass is 171 g/mol. The maximum atomic E-state index is 11.1. The normalized spacial score (nSPS) is 22.4. The Morgan fingerprint density at radius 3 is 3.17 bits per heavy atom. The van der Waals surface area contributed by atoms with Crippen LogP contribution in [0.4, 0.5) is 4.79 Å². The molecular formula is C8H13NO3. The molecule has 0 bridgehead atoms. The van der Waals surface area contributed by atoms with Gasteiger partial charge in [-0.3, -0.25) is 4.84 Å². The molecule has 1 aliphatic rings. The van der Waals surface area contributed by atoms with Crippen LogP contribution in [0.3, 0.4) is 0 Å². The SMILES string of the molecule is C=CCOC(=O)N1CC(C)CO1. The van der Waals surface area contributed by atoms with Gasteiger partial charge in [0, 0.05) is 5.92 Å². The van der Waals surface area contributed by atoms with Crippen molar-refractivity contribution in [3.8, 4) is 0 Å². The predicted molar refractivity (Wildman–Crippen MR) is 43.4 cm³/mol.